The highest BCUT2D eigenvalue weighted by Gasteiger charge is 2.26. The van der Waals surface area contributed by atoms with Crippen LogP contribution in [0.25, 0.3) is 0 Å². The molecule has 3 aromatic rings. The molecule has 0 N–H and O–H groups in total. The molecule has 0 saturated heterocycles. The van der Waals surface area contributed by atoms with Gasteiger partial charge in [0.2, 0.25) is 5.75 Å². The summed E-state index contributed by atoms with van der Waals surface area (Å²) < 4.78 is 25.2. The second-order valence-electron chi connectivity index (χ2n) is 12.3. The van der Waals surface area contributed by atoms with Gasteiger partial charge >= 0.3 is 6.09 Å². The molecule has 0 saturated carbocycles. The molecule has 0 aliphatic rings. The molecule has 0 unspecified atom stereocenters. The van der Waals surface area contributed by atoms with Crippen LogP contribution in [0.4, 0.5) is 4.79 Å². The fraction of sp³-hybridized carbons (Fsp3) is 0.525. The largest absolute Gasteiger partial charge is 1.00 e. The number of hydrogen-bond acceptors (Lipinski definition) is 6. The van der Waals surface area contributed by atoms with E-state index in [1.165, 1.54) is 64.2 Å². The average Bonchev–Trinajstić information content (AvgIpc) is 3.11. The quantitative estimate of drug-likeness (QED) is 0.0624. The molecule has 3 rings (SSSR count). The summed E-state index contributed by atoms with van der Waals surface area (Å²) in [6.07, 6.45) is 19.5. The number of pyridine rings is 1. The topological polar surface area (TPSA) is 78.2 Å². The molecule has 2 amide bonds. The third kappa shape index (κ3) is 15.0. The number of carbonyl (C=O) groups excluding carboxylic acids is 2. The minimum Gasteiger partial charge on any atom is -1.00 e. The molecule has 0 atom stereocenters. The summed E-state index contributed by atoms with van der Waals surface area (Å²) >= 11 is 0. The first-order chi connectivity index (χ1) is 23.5. The summed E-state index contributed by atoms with van der Waals surface area (Å²) in [5, 5.41) is 0. The fourth-order valence-corrected chi connectivity index (χ4v) is 5.71. The standard InChI is InChI=1S/C40H57N2O6.HI/c1-5-7-8-9-10-11-12-13-14-15-16-20-27-47-38-36(45-3)28-34(29-37(38)46-4)32-48-40(44)42(39(43)35-23-18-17-19-24-35)31-33-22-21-26-41(30-33)25-6-2;/h17-19,21-24,26,28-30H,5-16,20,25,27,31-32H2,1-4H3;1H/q+1;/p-1. The van der Waals surface area contributed by atoms with Gasteiger partial charge in [0.1, 0.15) is 13.2 Å². The highest BCUT2D eigenvalue weighted by molar-refractivity contribution is 6.02. The summed E-state index contributed by atoms with van der Waals surface area (Å²) in [7, 11) is 3.15. The Bertz CT molecular complexity index is 1340. The van der Waals surface area contributed by atoms with Crippen molar-refractivity contribution in [2.75, 3.05) is 20.8 Å². The Hall–Kier alpha value is -3.34. The normalized spacial score (nSPS) is 10.6. The summed E-state index contributed by atoms with van der Waals surface area (Å²) in [5.74, 6) is 1.11. The number of rotatable bonds is 23. The van der Waals surface area contributed by atoms with Crippen LogP contribution in [0.15, 0.2) is 67.0 Å². The Balaban J connectivity index is 0.00000833. The summed E-state index contributed by atoms with van der Waals surface area (Å²) in [6, 6.07) is 16.1. The van der Waals surface area contributed by atoms with Crippen molar-refractivity contribution in [2.24, 2.45) is 0 Å². The zero-order valence-electron chi connectivity index (χ0n) is 30.1. The predicted molar refractivity (Wildman–Crippen MR) is 190 cm³/mol. The Morgan fingerprint density at radius 2 is 1.31 bits per heavy atom. The Morgan fingerprint density at radius 3 is 1.88 bits per heavy atom. The van der Waals surface area contributed by atoms with Gasteiger partial charge in [-0.2, -0.15) is 0 Å². The van der Waals surface area contributed by atoms with Crippen molar-refractivity contribution in [3.05, 3.63) is 83.7 Å². The zero-order chi connectivity index (χ0) is 34.4. The number of imide groups is 1. The van der Waals surface area contributed by atoms with E-state index in [2.05, 4.69) is 13.8 Å². The number of ether oxygens (including phenoxy) is 4. The highest BCUT2D eigenvalue weighted by Crippen LogP contribution is 2.39. The van der Waals surface area contributed by atoms with Crippen molar-refractivity contribution in [1.82, 2.24) is 4.90 Å². The first-order valence-electron chi connectivity index (χ1n) is 17.9. The third-order valence-corrected chi connectivity index (χ3v) is 8.36. The molecule has 0 fully saturated rings. The van der Waals surface area contributed by atoms with Crippen LogP contribution in [0.1, 0.15) is 119 Å². The molecular formula is C40H57IN2O6. The van der Waals surface area contributed by atoms with Crippen molar-refractivity contribution in [3.8, 4) is 17.2 Å². The van der Waals surface area contributed by atoms with Gasteiger partial charge in [-0.05, 0) is 42.3 Å². The molecule has 1 heterocycles. The van der Waals surface area contributed by atoms with Gasteiger partial charge in [0.05, 0.1) is 27.4 Å². The predicted octanol–water partition coefficient (Wildman–Crippen LogP) is 6.46. The van der Waals surface area contributed by atoms with E-state index >= 15 is 0 Å². The summed E-state index contributed by atoms with van der Waals surface area (Å²) in [5.41, 5.74) is 1.89. The van der Waals surface area contributed by atoms with Crippen molar-refractivity contribution >= 4 is 12.0 Å². The minimum atomic E-state index is -0.736. The molecular weight excluding hydrogens is 731 g/mol. The van der Waals surface area contributed by atoms with E-state index in [1.54, 1.807) is 50.6 Å². The van der Waals surface area contributed by atoms with E-state index in [1.807, 2.05) is 35.2 Å². The van der Waals surface area contributed by atoms with Gasteiger partial charge in [-0.15, -0.1) is 0 Å². The third-order valence-electron chi connectivity index (χ3n) is 8.36. The van der Waals surface area contributed by atoms with E-state index in [9.17, 15) is 9.59 Å². The highest BCUT2D eigenvalue weighted by atomic mass is 127. The van der Waals surface area contributed by atoms with Gasteiger partial charge in [0.15, 0.2) is 23.9 Å². The number of hydrogen-bond donors (Lipinski definition) is 0. The second kappa shape index (κ2) is 24.7. The molecule has 0 aliphatic heterocycles. The van der Waals surface area contributed by atoms with Crippen LogP contribution in [-0.2, 0) is 24.4 Å². The monoisotopic (exact) mass is 788 g/mol. The molecule has 0 bridgehead atoms. The lowest BCUT2D eigenvalue weighted by atomic mass is 10.1. The first kappa shape index (κ1) is 41.8. The Morgan fingerprint density at radius 1 is 0.714 bits per heavy atom. The average molecular weight is 789 g/mol. The Kier molecular flexibility index (Phi) is 21.1. The van der Waals surface area contributed by atoms with Crippen LogP contribution in [0, 0.1) is 0 Å². The maximum absolute atomic E-state index is 13.5. The summed E-state index contributed by atoms with van der Waals surface area (Å²) in [4.78, 5) is 28.1. The van der Waals surface area contributed by atoms with Crippen LogP contribution in [0.2, 0.25) is 0 Å². The molecule has 2 aromatic carbocycles. The first-order valence-corrected chi connectivity index (χ1v) is 17.9. The van der Waals surface area contributed by atoms with Gasteiger partial charge in [-0.3, -0.25) is 4.79 Å². The van der Waals surface area contributed by atoms with Crippen LogP contribution >= 0.6 is 0 Å². The molecule has 1 aromatic heterocycles. The number of benzene rings is 2. The molecule has 49 heavy (non-hydrogen) atoms. The molecule has 0 aliphatic carbocycles. The van der Waals surface area contributed by atoms with Crippen LogP contribution in [-0.4, -0.2) is 37.7 Å². The number of halogens is 1. The molecule has 0 spiro atoms. The second-order valence-corrected chi connectivity index (χ2v) is 12.3. The number of carbonyl (C=O) groups is 2. The molecule has 8 nitrogen and oxygen atoms in total. The van der Waals surface area contributed by atoms with Crippen LogP contribution < -0.4 is 42.8 Å². The minimum absolute atomic E-state index is 0. The van der Waals surface area contributed by atoms with Crippen molar-refractivity contribution in [2.45, 2.75) is 117 Å². The van der Waals surface area contributed by atoms with Gasteiger partial charge in [-0.1, -0.05) is 103 Å². The lowest BCUT2D eigenvalue weighted by Gasteiger charge is -2.21. The van der Waals surface area contributed by atoms with E-state index in [4.69, 9.17) is 18.9 Å². The lowest BCUT2D eigenvalue weighted by molar-refractivity contribution is -0.697. The van der Waals surface area contributed by atoms with E-state index < -0.39 is 12.0 Å². The number of amides is 2. The van der Waals surface area contributed by atoms with Gasteiger partial charge < -0.3 is 42.9 Å². The number of nitrogens with zero attached hydrogens (tertiary/aromatic N) is 2. The zero-order valence-corrected chi connectivity index (χ0v) is 32.3. The Labute approximate surface area is 311 Å². The van der Waals surface area contributed by atoms with Crippen molar-refractivity contribution < 1.29 is 57.1 Å². The maximum Gasteiger partial charge on any atom is 0.417 e. The van der Waals surface area contributed by atoms with Gasteiger partial charge in [0, 0.05) is 23.6 Å². The maximum atomic E-state index is 13.5. The SMILES string of the molecule is CCCCCCCCCCCCCCOc1c(OC)cc(COC(=O)N(Cc2ccc[n+](CCC)c2)C(=O)c2ccccc2)cc1OC.[I-]. The number of methoxy groups -OCH3 is 2. The smallest absolute Gasteiger partial charge is 0.417 e. The molecule has 9 heteroatoms. The van der Waals surface area contributed by atoms with Crippen molar-refractivity contribution in [1.29, 1.82) is 0 Å². The van der Waals surface area contributed by atoms with Gasteiger partial charge in [-0.25, -0.2) is 14.3 Å². The molecule has 0 radical (unpaired) electrons. The number of unbranched alkanes of at least 4 members (excludes halogenated alkanes) is 11. The number of aromatic nitrogens is 1. The number of aryl methyl sites for hydroxylation is 1. The fourth-order valence-electron chi connectivity index (χ4n) is 5.71. The van der Waals surface area contributed by atoms with Crippen LogP contribution in [0.5, 0.6) is 17.2 Å². The summed E-state index contributed by atoms with van der Waals surface area (Å²) in [6.45, 7) is 5.77. The molecule has 270 valence electrons. The van der Waals surface area contributed by atoms with Gasteiger partial charge in [0.25, 0.3) is 5.91 Å². The van der Waals surface area contributed by atoms with E-state index in [-0.39, 0.29) is 37.1 Å². The van der Waals surface area contributed by atoms with Crippen LogP contribution in [0.3, 0.4) is 0 Å². The van der Waals surface area contributed by atoms with Crippen molar-refractivity contribution in [3.63, 3.8) is 0 Å². The van der Waals surface area contributed by atoms with E-state index in [0.29, 0.717) is 35.0 Å². The van der Waals surface area contributed by atoms with E-state index in [0.717, 1.165) is 36.3 Å². The lowest BCUT2D eigenvalue weighted by Crippen LogP contribution is -3.00.